The van der Waals surface area contributed by atoms with Gasteiger partial charge in [0, 0.05) is 12.4 Å². The molecule has 1 aromatic rings. The molecule has 1 rings (SSSR count). The second-order valence-corrected chi connectivity index (χ2v) is 5.47. The summed E-state index contributed by atoms with van der Waals surface area (Å²) in [5.74, 6) is 0.232. The zero-order valence-corrected chi connectivity index (χ0v) is 11.6. The first kappa shape index (κ1) is 14.4. The molecule has 0 saturated carbocycles. The Morgan fingerprint density at radius 2 is 1.83 bits per heavy atom. The monoisotopic (exact) mass is 251 g/mol. The predicted molar refractivity (Wildman–Crippen MR) is 70.1 cm³/mol. The lowest BCUT2D eigenvalue weighted by molar-refractivity contribution is -0.156. The largest absolute Gasteiger partial charge is 0.458 e. The maximum atomic E-state index is 12.1. The number of hydrogen-bond acceptors (Lipinski definition) is 5. The van der Waals surface area contributed by atoms with Crippen LogP contribution in [0.2, 0.25) is 0 Å². The summed E-state index contributed by atoms with van der Waals surface area (Å²) in [4.78, 5) is 20.2. The van der Waals surface area contributed by atoms with Gasteiger partial charge in [-0.1, -0.05) is 13.8 Å². The van der Waals surface area contributed by atoms with Gasteiger partial charge in [0.25, 0.3) is 0 Å². The molecule has 0 aromatic carbocycles. The van der Waals surface area contributed by atoms with E-state index in [-0.39, 0.29) is 11.9 Å². The lowest BCUT2D eigenvalue weighted by Gasteiger charge is -2.26. The molecule has 5 nitrogen and oxygen atoms in total. The molecule has 0 unspecified atom stereocenters. The molecule has 0 amide bonds. The third-order valence-electron chi connectivity index (χ3n) is 2.18. The molecule has 0 fully saturated rings. The van der Waals surface area contributed by atoms with Crippen molar-refractivity contribution in [2.75, 3.05) is 5.32 Å². The summed E-state index contributed by atoms with van der Waals surface area (Å²) in [7, 11) is 0. The Hall–Kier alpha value is -1.65. The minimum atomic E-state index is -0.497. The van der Waals surface area contributed by atoms with Gasteiger partial charge in [0.15, 0.2) is 0 Å². The topological polar surface area (TPSA) is 64.1 Å². The smallest absolute Gasteiger partial charge is 0.329 e. The van der Waals surface area contributed by atoms with Crippen LogP contribution in [-0.4, -0.2) is 27.6 Å². The number of hydrogen-bond donors (Lipinski definition) is 1. The third kappa shape index (κ3) is 4.69. The summed E-state index contributed by atoms with van der Waals surface area (Å²) in [6.07, 6.45) is 3.25. The molecule has 0 spiro atoms. The van der Waals surface area contributed by atoms with Gasteiger partial charge < -0.3 is 10.1 Å². The molecular weight excluding hydrogens is 230 g/mol. The van der Waals surface area contributed by atoms with Crippen LogP contribution < -0.4 is 5.32 Å². The van der Waals surface area contributed by atoms with Crippen molar-refractivity contribution in [2.45, 2.75) is 46.3 Å². The Balaban J connectivity index is 2.75. The molecule has 0 aliphatic carbocycles. The molecule has 0 aliphatic rings. The fourth-order valence-corrected chi connectivity index (χ4v) is 1.38. The second-order valence-electron chi connectivity index (χ2n) is 5.47. The molecule has 0 radical (unpaired) electrons. The van der Waals surface area contributed by atoms with Crippen LogP contribution >= 0.6 is 0 Å². The SMILES string of the molecule is CC(C)[C@@H](Nc1ncccn1)C(=O)OC(C)(C)C. The number of carbonyl (C=O) groups excluding carboxylic acids is 1. The average molecular weight is 251 g/mol. The lowest BCUT2D eigenvalue weighted by atomic mass is 10.0. The van der Waals surface area contributed by atoms with Crippen LogP contribution in [0.25, 0.3) is 0 Å². The van der Waals surface area contributed by atoms with E-state index in [1.54, 1.807) is 18.5 Å². The van der Waals surface area contributed by atoms with Crippen LogP contribution in [-0.2, 0) is 9.53 Å². The van der Waals surface area contributed by atoms with E-state index in [1.807, 2.05) is 34.6 Å². The van der Waals surface area contributed by atoms with Gasteiger partial charge in [-0.25, -0.2) is 14.8 Å². The summed E-state index contributed by atoms with van der Waals surface area (Å²) in [6.45, 7) is 9.44. The Morgan fingerprint density at radius 1 is 1.28 bits per heavy atom. The van der Waals surface area contributed by atoms with Crippen LogP contribution in [0.5, 0.6) is 0 Å². The summed E-state index contributed by atoms with van der Waals surface area (Å²) >= 11 is 0. The predicted octanol–water partition coefficient (Wildman–Crippen LogP) is 2.25. The van der Waals surface area contributed by atoms with Crippen molar-refractivity contribution in [3.05, 3.63) is 18.5 Å². The highest BCUT2D eigenvalue weighted by atomic mass is 16.6. The molecule has 5 heteroatoms. The van der Waals surface area contributed by atoms with Crippen molar-refractivity contribution in [1.29, 1.82) is 0 Å². The normalized spacial score (nSPS) is 13.2. The Labute approximate surface area is 108 Å². The van der Waals surface area contributed by atoms with E-state index >= 15 is 0 Å². The molecular formula is C13H21N3O2. The van der Waals surface area contributed by atoms with Crippen molar-refractivity contribution < 1.29 is 9.53 Å². The Morgan fingerprint density at radius 3 is 2.28 bits per heavy atom. The molecule has 0 saturated heterocycles. The summed E-state index contributed by atoms with van der Waals surface area (Å²) in [5, 5.41) is 3.00. The van der Waals surface area contributed by atoms with E-state index in [1.165, 1.54) is 0 Å². The van der Waals surface area contributed by atoms with Crippen LogP contribution in [0, 0.1) is 5.92 Å². The van der Waals surface area contributed by atoms with Crippen molar-refractivity contribution in [2.24, 2.45) is 5.92 Å². The van der Waals surface area contributed by atoms with E-state index < -0.39 is 11.6 Å². The Kier molecular flexibility index (Phi) is 4.64. The highest BCUT2D eigenvalue weighted by molar-refractivity contribution is 5.79. The van der Waals surface area contributed by atoms with Gasteiger partial charge in [0.2, 0.25) is 5.95 Å². The van der Waals surface area contributed by atoms with Crippen molar-refractivity contribution in [3.63, 3.8) is 0 Å². The van der Waals surface area contributed by atoms with Crippen molar-refractivity contribution >= 4 is 11.9 Å². The summed E-state index contributed by atoms with van der Waals surface area (Å²) < 4.78 is 5.38. The van der Waals surface area contributed by atoms with Gasteiger partial charge in [-0.15, -0.1) is 0 Å². The standard InChI is InChI=1S/C13H21N3O2/c1-9(2)10(11(17)18-13(3,4)5)16-12-14-7-6-8-15-12/h6-10H,1-5H3,(H,14,15,16)/t10-/m1/s1. The van der Waals surface area contributed by atoms with Crippen LogP contribution in [0.15, 0.2) is 18.5 Å². The van der Waals surface area contributed by atoms with Gasteiger partial charge in [-0.3, -0.25) is 0 Å². The number of carbonyl (C=O) groups is 1. The van der Waals surface area contributed by atoms with E-state index in [0.717, 1.165) is 0 Å². The lowest BCUT2D eigenvalue weighted by Crippen LogP contribution is -2.40. The van der Waals surface area contributed by atoms with Crippen molar-refractivity contribution in [1.82, 2.24) is 9.97 Å². The van der Waals surface area contributed by atoms with Gasteiger partial charge >= 0.3 is 5.97 Å². The van der Waals surface area contributed by atoms with Gasteiger partial charge in [0.05, 0.1) is 0 Å². The quantitative estimate of drug-likeness (QED) is 0.831. The first-order chi connectivity index (χ1) is 8.29. The zero-order chi connectivity index (χ0) is 13.8. The maximum Gasteiger partial charge on any atom is 0.329 e. The molecule has 1 aromatic heterocycles. The van der Waals surface area contributed by atoms with Crippen molar-refractivity contribution in [3.8, 4) is 0 Å². The third-order valence-corrected chi connectivity index (χ3v) is 2.18. The van der Waals surface area contributed by atoms with E-state index in [2.05, 4.69) is 15.3 Å². The minimum absolute atomic E-state index is 0.0867. The summed E-state index contributed by atoms with van der Waals surface area (Å²) in [6, 6.07) is 1.27. The Bertz CT molecular complexity index is 385. The number of anilines is 1. The molecule has 0 bridgehead atoms. The number of nitrogens with zero attached hydrogens (tertiary/aromatic N) is 2. The highest BCUT2D eigenvalue weighted by Gasteiger charge is 2.28. The second kappa shape index (κ2) is 5.80. The van der Waals surface area contributed by atoms with Crippen LogP contribution in [0.3, 0.4) is 0 Å². The maximum absolute atomic E-state index is 12.1. The molecule has 100 valence electrons. The van der Waals surface area contributed by atoms with Crippen LogP contribution in [0.1, 0.15) is 34.6 Å². The number of ether oxygens (including phenoxy) is 1. The average Bonchev–Trinajstić information content (AvgIpc) is 2.24. The number of aromatic nitrogens is 2. The zero-order valence-electron chi connectivity index (χ0n) is 11.6. The van der Waals surface area contributed by atoms with Gasteiger partial charge in [0.1, 0.15) is 11.6 Å². The van der Waals surface area contributed by atoms with E-state index in [9.17, 15) is 4.79 Å². The minimum Gasteiger partial charge on any atom is -0.458 e. The number of rotatable bonds is 4. The fraction of sp³-hybridized carbons (Fsp3) is 0.615. The number of nitrogens with one attached hydrogen (secondary N) is 1. The van der Waals surface area contributed by atoms with E-state index in [0.29, 0.717) is 5.95 Å². The molecule has 1 heterocycles. The summed E-state index contributed by atoms with van der Waals surface area (Å²) in [5.41, 5.74) is -0.497. The van der Waals surface area contributed by atoms with E-state index in [4.69, 9.17) is 4.74 Å². The molecule has 1 N–H and O–H groups in total. The first-order valence-corrected chi connectivity index (χ1v) is 6.06. The van der Waals surface area contributed by atoms with Gasteiger partial charge in [-0.05, 0) is 32.8 Å². The first-order valence-electron chi connectivity index (χ1n) is 6.06. The highest BCUT2D eigenvalue weighted by Crippen LogP contribution is 2.14. The number of esters is 1. The molecule has 18 heavy (non-hydrogen) atoms. The van der Waals surface area contributed by atoms with Crippen LogP contribution in [0.4, 0.5) is 5.95 Å². The fourth-order valence-electron chi connectivity index (χ4n) is 1.38. The van der Waals surface area contributed by atoms with Gasteiger partial charge in [-0.2, -0.15) is 0 Å². The molecule has 0 aliphatic heterocycles. The molecule has 1 atom stereocenters.